The van der Waals surface area contributed by atoms with Crippen molar-refractivity contribution >= 4 is 0 Å². The molecule has 0 aliphatic rings. The van der Waals surface area contributed by atoms with Crippen LogP contribution in [0.2, 0.25) is 0 Å². The van der Waals surface area contributed by atoms with Crippen LogP contribution in [-0.2, 0) is 0 Å². The molecule has 3 N–H and O–H groups in total. The predicted molar refractivity (Wildman–Crippen MR) is 56.8 cm³/mol. The van der Waals surface area contributed by atoms with Crippen LogP contribution in [0.5, 0.6) is 0 Å². The smallest absolute Gasteiger partial charge is 0.0867 e. The zero-order valence-corrected chi connectivity index (χ0v) is 8.99. The number of aliphatic hydroxyl groups excluding tert-OH is 1. The van der Waals surface area contributed by atoms with E-state index in [9.17, 15) is 5.11 Å². The molecule has 1 atom stereocenters. The van der Waals surface area contributed by atoms with Crippen LogP contribution in [0, 0.1) is 12.3 Å². The lowest BCUT2D eigenvalue weighted by Gasteiger charge is -2.28. The molecule has 78 valence electrons. The van der Waals surface area contributed by atoms with Crippen molar-refractivity contribution < 1.29 is 5.11 Å². The maximum absolute atomic E-state index is 10.0. The molecule has 0 radical (unpaired) electrons. The van der Waals surface area contributed by atoms with Crippen LogP contribution in [-0.4, -0.2) is 16.6 Å². The minimum atomic E-state index is -0.555. The van der Waals surface area contributed by atoms with Crippen molar-refractivity contribution in [1.29, 1.82) is 0 Å². The Morgan fingerprint density at radius 1 is 1.50 bits per heavy atom. The van der Waals surface area contributed by atoms with Crippen molar-refractivity contribution in [2.75, 3.05) is 6.54 Å². The van der Waals surface area contributed by atoms with E-state index in [1.165, 1.54) is 0 Å². The van der Waals surface area contributed by atoms with E-state index >= 15 is 0 Å². The number of hydrogen-bond donors (Lipinski definition) is 2. The summed E-state index contributed by atoms with van der Waals surface area (Å²) >= 11 is 0. The zero-order valence-electron chi connectivity index (χ0n) is 8.99. The number of pyridine rings is 1. The van der Waals surface area contributed by atoms with Crippen molar-refractivity contribution in [2.24, 2.45) is 11.1 Å². The molecule has 1 heterocycles. The van der Waals surface area contributed by atoms with Crippen LogP contribution >= 0.6 is 0 Å². The van der Waals surface area contributed by atoms with Crippen LogP contribution in [0.3, 0.4) is 0 Å². The molecule has 3 nitrogen and oxygen atoms in total. The van der Waals surface area contributed by atoms with E-state index in [4.69, 9.17) is 5.73 Å². The van der Waals surface area contributed by atoms with Gasteiger partial charge in [0, 0.05) is 23.9 Å². The van der Waals surface area contributed by atoms with Gasteiger partial charge >= 0.3 is 0 Å². The lowest BCUT2D eigenvalue weighted by molar-refractivity contribution is 0.0552. The molecule has 0 bridgehead atoms. The van der Waals surface area contributed by atoms with Gasteiger partial charge in [0.25, 0.3) is 0 Å². The van der Waals surface area contributed by atoms with E-state index in [1.54, 1.807) is 6.20 Å². The first-order valence-corrected chi connectivity index (χ1v) is 4.78. The van der Waals surface area contributed by atoms with Crippen molar-refractivity contribution in [3.8, 4) is 0 Å². The Morgan fingerprint density at radius 2 is 2.14 bits per heavy atom. The Labute approximate surface area is 85.0 Å². The standard InChI is InChI=1S/C11H18N2O/c1-8-4-5-9(6-13-8)10(14)11(2,3)7-12/h4-6,10,14H,7,12H2,1-3H3. The van der Waals surface area contributed by atoms with E-state index in [0.29, 0.717) is 6.54 Å². The van der Waals surface area contributed by atoms with E-state index in [-0.39, 0.29) is 5.41 Å². The van der Waals surface area contributed by atoms with Gasteiger partial charge in [0.15, 0.2) is 0 Å². The molecular formula is C11H18N2O. The fraction of sp³-hybridized carbons (Fsp3) is 0.545. The second kappa shape index (κ2) is 4.07. The highest BCUT2D eigenvalue weighted by Gasteiger charge is 2.27. The fourth-order valence-electron chi connectivity index (χ4n) is 1.20. The third kappa shape index (κ3) is 2.30. The van der Waals surface area contributed by atoms with E-state index < -0.39 is 6.10 Å². The van der Waals surface area contributed by atoms with Crippen LogP contribution in [0.4, 0.5) is 0 Å². The number of aryl methyl sites for hydroxylation is 1. The van der Waals surface area contributed by atoms with Gasteiger partial charge in [-0.2, -0.15) is 0 Å². The van der Waals surface area contributed by atoms with Crippen molar-refractivity contribution in [1.82, 2.24) is 4.98 Å². The third-order valence-electron chi connectivity index (χ3n) is 2.52. The molecule has 14 heavy (non-hydrogen) atoms. The highest BCUT2D eigenvalue weighted by Crippen LogP contribution is 2.31. The topological polar surface area (TPSA) is 59.1 Å². The summed E-state index contributed by atoms with van der Waals surface area (Å²) in [5, 5.41) is 10.0. The van der Waals surface area contributed by atoms with Crippen LogP contribution in [0.1, 0.15) is 31.2 Å². The minimum Gasteiger partial charge on any atom is -0.388 e. The Bertz CT molecular complexity index is 293. The predicted octanol–water partition coefficient (Wildman–Crippen LogP) is 1.41. The third-order valence-corrected chi connectivity index (χ3v) is 2.52. The molecule has 1 aromatic heterocycles. The van der Waals surface area contributed by atoms with Crippen LogP contribution in [0.15, 0.2) is 18.3 Å². The molecule has 1 unspecified atom stereocenters. The van der Waals surface area contributed by atoms with Crippen LogP contribution in [0.25, 0.3) is 0 Å². The molecule has 1 rings (SSSR count). The van der Waals surface area contributed by atoms with Gasteiger partial charge in [-0.1, -0.05) is 19.9 Å². The normalized spacial score (nSPS) is 14.1. The fourth-order valence-corrected chi connectivity index (χ4v) is 1.20. The SMILES string of the molecule is Cc1ccc(C(O)C(C)(C)CN)cn1. The average Bonchev–Trinajstić information content (AvgIpc) is 2.18. The number of hydrogen-bond acceptors (Lipinski definition) is 3. The summed E-state index contributed by atoms with van der Waals surface area (Å²) in [6, 6.07) is 3.79. The molecule has 3 heteroatoms. The second-order valence-corrected chi connectivity index (χ2v) is 4.33. The number of nitrogens with two attached hydrogens (primary N) is 1. The molecule has 0 amide bonds. The summed E-state index contributed by atoms with van der Waals surface area (Å²) in [7, 11) is 0. The molecule has 1 aromatic rings. The molecule has 0 aromatic carbocycles. The van der Waals surface area contributed by atoms with Crippen molar-refractivity contribution in [3.63, 3.8) is 0 Å². The summed E-state index contributed by atoms with van der Waals surface area (Å²) in [6.45, 7) is 6.25. The van der Waals surface area contributed by atoms with Gasteiger partial charge in [0.05, 0.1) is 6.10 Å². The molecule has 0 saturated heterocycles. The molecule has 0 saturated carbocycles. The first kappa shape index (κ1) is 11.1. The minimum absolute atomic E-state index is 0.309. The summed E-state index contributed by atoms with van der Waals surface area (Å²) in [4.78, 5) is 4.15. The number of nitrogens with zero attached hydrogens (tertiary/aromatic N) is 1. The van der Waals surface area contributed by atoms with E-state index in [2.05, 4.69) is 4.98 Å². The lowest BCUT2D eigenvalue weighted by Crippen LogP contribution is -2.30. The summed E-state index contributed by atoms with van der Waals surface area (Å²) in [6.07, 6.45) is 1.15. The van der Waals surface area contributed by atoms with Gasteiger partial charge in [0.1, 0.15) is 0 Å². The summed E-state index contributed by atoms with van der Waals surface area (Å²) < 4.78 is 0. The first-order valence-electron chi connectivity index (χ1n) is 4.78. The highest BCUT2D eigenvalue weighted by molar-refractivity contribution is 5.17. The maximum atomic E-state index is 10.0. The quantitative estimate of drug-likeness (QED) is 0.764. The monoisotopic (exact) mass is 194 g/mol. The van der Waals surface area contributed by atoms with Crippen molar-refractivity contribution in [2.45, 2.75) is 26.9 Å². The van der Waals surface area contributed by atoms with Gasteiger partial charge in [-0.05, 0) is 18.6 Å². The molecule has 0 aliphatic carbocycles. The Hall–Kier alpha value is -0.930. The second-order valence-electron chi connectivity index (χ2n) is 4.33. The van der Waals surface area contributed by atoms with Gasteiger partial charge in [-0.3, -0.25) is 4.98 Å². The largest absolute Gasteiger partial charge is 0.388 e. The zero-order chi connectivity index (χ0) is 10.8. The lowest BCUT2D eigenvalue weighted by atomic mass is 9.83. The molecular weight excluding hydrogens is 176 g/mol. The molecule has 0 fully saturated rings. The Kier molecular flexibility index (Phi) is 3.24. The molecule has 0 aliphatic heterocycles. The van der Waals surface area contributed by atoms with Crippen LogP contribution < -0.4 is 5.73 Å². The van der Waals surface area contributed by atoms with E-state index in [1.807, 2.05) is 32.9 Å². The summed E-state index contributed by atoms with van der Waals surface area (Å²) in [5.41, 5.74) is 7.06. The Morgan fingerprint density at radius 3 is 2.57 bits per heavy atom. The van der Waals surface area contributed by atoms with E-state index in [0.717, 1.165) is 11.3 Å². The number of aromatic nitrogens is 1. The van der Waals surface area contributed by atoms with Crippen molar-refractivity contribution in [3.05, 3.63) is 29.6 Å². The Balaban J connectivity index is 2.89. The molecule has 0 spiro atoms. The first-order chi connectivity index (χ1) is 6.47. The summed E-state index contributed by atoms with van der Waals surface area (Å²) in [5.74, 6) is 0. The number of rotatable bonds is 3. The maximum Gasteiger partial charge on any atom is 0.0867 e. The van der Waals surface area contributed by atoms with Gasteiger partial charge in [0.2, 0.25) is 0 Å². The average molecular weight is 194 g/mol. The number of aliphatic hydroxyl groups is 1. The van der Waals surface area contributed by atoms with Gasteiger partial charge in [-0.25, -0.2) is 0 Å². The highest BCUT2D eigenvalue weighted by atomic mass is 16.3. The van der Waals surface area contributed by atoms with Gasteiger partial charge < -0.3 is 10.8 Å². The van der Waals surface area contributed by atoms with Gasteiger partial charge in [-0.15, -0.1) is 0 Å².